The van der Waals surface area contributed by atoms with Gasteiger partial charge in [0.25, 0.3) is 0 Å². The van der Waals surface area contributed by atoms with Crippen molar-refractivity contribution in [3.05, 3.63) is 0 Å². The number of fused-ring (bicyclic) bond motifs is 2. The summed E-state index contributed by atoms with van der Waals surface area (Å²) >= 11 is 0. The highest BCUT2D eigenvalue weighted by Gasteiger charge is 2.62. The molecule has 2 unspecified atom stereocenters. The summed E-state index contributed by atoms with van der Waals surface area (Å²) in [5.74, 6) is 0.635. The normalized spacial score (nSPS) is 45.4. The van der Waals surface area contributed by atoms with Gasteiger partial charge in [0.05, 0.1) is 11.4 Å². The molecule has 2 heteroatoms. The molecule has 0 saturated heterocycles. The Hall–Kier alpha value is -0.660. The molecule has 0 heterocycles. The summed E-state index contributed by atoms with van der Waals surface area (Å²) in [5.41, 5.74) is 3.14. The average molecular weight is 192 g/mol. The van der Waals surface area contributed by atoms with Crippen molar-refractivity contribution in [1.82, 2.24) is 0 Å². The third-order valence-corrected chi connectivity index (χ3v) is 4.79. The SMILES string of the molecule is C/N=C1/C(=N/C)C2(C)CCC1C2(C)C. The number of rotatable bonds is 0. The summed E-state index contributed by atoms with van der Waals surface area (Å²) in [6.07, 6.45) is 2.56. The maximum Gasteiger partial charge on any atom is 0.0622 e. The Morgan fingerprint density at radius 1 is 1.14 bits per heavy atom. The minimum atomic E-state index is 0.265. The van der Waals surface area contributed by atoms with Crippen molar-refractivity contribution in [2.75, 3.05) is 14.1 Å². The van der Waals surface area contributed by atoms with Crippen molar-refractivity contribution in [2.24, 2.45) is 26.7 Å². The van der Waals surface area contributed by atoms with Crippen LogP contribution in [-0.4, -0.2) is 25.5 Å². The minimum Gasteiger partial charge on any atom is -0.291 e. The predicted octanol–water partition coefficient (Wildman–Crippen LogP) is 2.58. The van der Waals surface area contributed by atoms with Crippen LogP contribution in [0.2, 0.25) is 0 Å². The summed E-state index contributed by atoms with van der Waals surface area (Å²) < 4.78 is 0. The molecule has 2 saturated carbocycles. The van der Waals surface area contributed by atoms with E-state index >= 15 is 0 Å². The molecule has 2 fully saturated rings. The number of hydrogen-bond acceptors (Lipinski definition) is 2. The number of nitrogens with zero attached hydrogens (tertiary/aromatic N) is 2. The molecule has 0 aromatic heterocycles. The Balaban J connectivity index is 2.60. The predicted molar refractivity (Wildman–Crippen MR) is 61.3 cm³/mol. The third kappa shape index (κ3) is 0.825. The van der Waals surface area contributed by atoms with Crippen molar-refractivity contribution in [3.63, 3.8) is 0 Å². The molecular formula is C12H20N2. The van der Waals surface area contributed by atoms with Crippen LogP contribution in [0.5, 0.6) is 0 Å². The van der Waals surface area contributed by atoms with E-state index in [4.69, 9.17) is 0 Å². The molecule has 0 aromatic rings. The van der Waals surface area contributed by atoms with Gasteiger partial charge in [-0.1, -0.05) is 20.8 Å². The van der Waals surface area contributed by atoms with Crippen LogP contribution < -0.4 is 0 Å². The van der Waals surface area contributed by atoms with Crippen LogP contribution in [0, 0.1) is 16.7 Å². The zero-order valence-corrected chi connectivity index (χ0v) is 9.89. The molecular weight excluding hydrogens is 172 g/mol. The quantitative estimate of drug-likeness (QED) is 0.563. The molecule has 0 aromatic carbocycles. The van der Waals surface area contributed by atoms with Crippen molar-refractivity contribution in [1.29, 1.82) is 0 Å². The van der Waals surface area contributed by atoms with E-state index in [1.54, 1.807) is 0 Å². The van der Waals surface area contributed by atoms with E-state index in [2.05, 4.69) is 30.8 Å². The Morgan fingerprint density at radius 2 is 1.79 bits per heavy atom. The van der Waals surface area contributed by atoms with Gasteiger partial charge in [0.1, 0.15) is 0 Å². The minimum absolute atomic E-state index is 0.265. The van der Waals surface area contributed by atoms with E-state index in [-0.39, 0.29) is 5.41 Å². The second-order valence-corrected chi connectivity index (χ2v) is 5.33. The van der Waals surface area contributed by atoms with E-state index in [1.165, 1.54) is 24.3 Å². The topological polar surface area (TPSA) is 24.7 Å². The third-order valence-electron chi connectivity index (χ3n) is 4.79. The molecule has 2 rings (SSSR count). The number of aliphatic imine (C=N–C) groups is 2. The Bertz CT molecular complexity index is 325. The van der Waals surface area contributed by atoms with Gasteiger partial charge in [0.15, 0.2) is 0 Å². The second kappa shape index (κ2) is 2.68. The fourth-order valence-electron chi connectivity index (χ4n) is 3.47. The van der Waals surface area contributed by atoms with Gasteiger partial charge in [-0.2, -0.15) is 0 Å². The lowest BCUT2D eigenvalue weighted by Crippen LogP contribution is -2.33. The van der Waals surface area contributed by atoms with Crippen molar-refractivity contribution in [3.8, 4) is 0 Å². The molecule has 2 bridgehead atoms. The lowest BCUT2D eigenvalue weighted by molar-refractivity contribution is 0.208. The van der Waals surface area contributed by atoms with E-state index in [1.807, 2.05) is 14.1 Å². The molecule has 2 nitrogen and oxygen atoms in total. The van der Waals surface area contributed by atoms with Crippen molar-refractivity contribution in [2.45, 2.75) is 33.6 Å². The Kier molecular flexibility index (Phi) is 1.89. The lowest BCUT2D eigenvalue weighted by atomic mass is 9.70. The lowest BCUT2D eigenvalue weighted by Gasteiger charge is -2.33. The van der Waals surface area contributed by atoms with Crippen LogP contribution in [0.3, 0.4) is 0 Å². The first-order valence-electron chi connectivity index (χ1n) is 5.43. The molecule has 0 N–H and O–H groups in total. The summed E-state index contributed by atoms with van der Waals surface area (Å²) in [5, 5.41) is 0. The van der Waals surface area contributed by atoms with Crippen LogP contribution in [0.4, 0.5) is 0 Å². The fourth-order valence-corrected chi connectivity index (χ4v) is 3.47. The van der Waals surface area contributed by atoms with Gasteiger partial charge in [-0.15, -0.1) is 0 Å². The van der Waals surface area contributed by atoms with E-state index in [0.29, 0.717) is 11.3 Å². The fraction of sp³-hybridized carbons (Fsp3) is 0.833. The molecule has 0 radical (unpaired) electrons. The van der Waals surface area contributed by atoms with Crippen LogP contribution in [0.25, 0.3) is 0 Å². The molecule has 0 spiro atoms. The van der Waals surface area contributed by atoms with Gasteiger partial charge in [-0.05, 0) is 18.3 Å². The standard InChI is InChI=1S/C12H20N2/c1-11(2)8-6-7-12(11,3)10(14-5)9(8)13-4/h8H,6-7H2,1-5H3/b13-9+,14-10-. The second-order valence-electron chi connectivity index (χ2n) is 5.33. The maximum absolute atomic E-state index is 4.48. The first kappa shape index (κ1) is 9.88. The van der Waals surface area contributed by atoms with E-state index < -0.39 is 0 Å². The van der Waals surface area contributed by atoms with E-state index in [9.17, 15) is 0 Å². The van der Waals surface area contributed by atoms with Crippen LogP contribution in [0.15, 0.2) is 9.98 Å². The average Bonchev–Trinajstić information content (AvgIpc) is 2.46. The van der Waals surface area contributed by atoms with Gasteiger partial charge in [0, 0.05) is 25.4 Å². The number of hydrogen-bond donors (Lipinski definition) is 0. The van der Waals surface area contributed by atoms with Crippen LogP contribution >= 0.6 is 0 Å². The maximum atomic E-state index is 4.48. The Morgan fingerprint density at radius 3 is 2.21 bits per heavy atom. The van der Waals surface area contributed by atoms with Gasteiger partial charge >= 0.3 is 0 Å². The monoisotopic (exact) mass is 192 g/mol. The molecule has 2 aliphatic carbocycles. The van der Waals surface area contributed by atoms with Crippen LogP contribution in [-0.2, 0) is 0 Å². The van der Waals surface area contributed by atoms with Gasteiger partial charge in [-0.3, -0.25) is 9.98 Å². The smallest absolute Gasteiger partial charge is 0.0622 e. The first-order valence-corrected chi connectivity index (χ1v) is 5.43. The largest absolute Gasteiger partial charge is 0.291 e. The summed E-state index contributed by atoms with van der Waals surface area (Å²) in [6, 6.07) is 0. The van der Waals surface area contributed by atoms with Gasteiger partial charge in [0.2, 0.25) is 0 Å². The molecule has 0 aliphatic heterocycles. The first-order chi connectivity index (χ1) is 6.49. The molecule has 78 valence electrons. The summed E-state index contributed by atoms with van der Waals surface area (Å²) in [7, 11) is 3.81. The van der Waals surface area contributed by atoms with Gasteiger partial charge in [-0.25, -0.2) is 0 Å². The highest BCUT2D eigenvalue weighted by Crippen LogP contribution is 2.62. The van der Waals surface area contributed by atoms with Crippen molar-refractivity contribution < 1.29 is 0 Å². The zero-order valence-electron chi connectivity index (χ0n) is 9.89. The van der Waals surface area contributed by atoms with Crippen LogP contribution in [0.1, 0.15) is 33.6 Å². The molecule has 2 aliphatic rings. The molecule has 14 heavy (non-hydrogen) atoms. The molecule has 2 atom stereocenters. The highest BCUT2D eigenvalue weighted by molar-refractivity contribution is 6.48. The zero-order chi connectivity index (χ0) is 10.6. The Labute approximate surface area is 86.5 Å². The van der Waals surface area contributed by atoms with E-state index in [0.717, 1.165) is 0 Å². The van der Waals surface area contributed by atoms with Crippen molar-refractivity contribution >= 4 is 11.4 Å². The van der Waals surface area contributed by atoms with Gasteiger partial charge < -0.3 is 0 Å². The molecule has 0 amide bonds. The summed E-state index contributed by atoms with van der Waals surface area (Å²) in [4.78, 5) is 8.92. The highest BCUT2D eigenvalue weighted by atomic mass is 14.9. The summed E-state index contributed by atoms with van der Waals surface area (Å²) in [6.45, 7) is 7.09.